The van der Waals surface area contributed by atoms with Crippen LogP contribution in [0.25, 0.3) is 11.1 Å². The summed E-state index contributed by atoms with van der Waals surface area (Å²) in [6, 6.07) is 3.81. The predicted molar refractivity (Wildman–Crippen MR) is 158 cm³/mol. The summed E-state index contributed by atoms with van der Waals surface area (Å²) in [7, 11) is 1.86. The highest BCUT2D eigenvalue weighted by molar-refractivity contribution is 5.99. The predicted octanol–water partition coefficient (Wildman–Crippen LogP) is 6.27. The van der Waals surface area contributed by atoms with E-state index in [1.54, 1.807) is 22.0 Å². The summed E-state index contributed by atoms with van der Waals surface area (Å²) in [6.45, 7) is 14.3. The molecular formula is C31H40N6O5. The van der Waals surface area contributed by atoms with Gasteiger partial charge in [0.2, 0.25) is 0 Å². The second-order valence-corrected chi connectivity index (χ2v) is 12.9. The molecule has 2 aliphatic heterocycles. The summed E-state index contributed by atoms with van der Waals surface area (Å²) in [5.74, 6) is 1.04. The van der Waals surface area contributed by atoms with Gasteiger partial charge in [0.15, 0.2) is 5.75 Å². The van der Waals surface area contributed by atoms with E-state index in [4.69, 9.17) is 19.2 Å². The van der Waals surface area contributed by atoms with Gasteiger partial charge in [0.05, 0.1) is 17.6 Å². The maximum absolute atomic E-state index is 13.9. The van der Waals surface area contributed by atoms with Crippen molar-refractivity contribution in [2.24, 2.45) is 7.05 Å². The Bertz CT molecular complexity index is 1490. The molecule has 3 aromatic rings. The molecule has 0 N–H and O–H groups in total. The smallest absolute Gasteiger partial charge is 0.420 e. The molecule has 42 heavy (non-hydrogen) atoms. The fourth-order valence-electron chi connectivity index (χ4n) is 5.30. The molecule has 3 aromatic heterocycles. The van der Waals surface area contributed by atoms with E-state index in [2.05, 4.69) is 10.1 Å². The largest absolute Gasteiger partial charge is 0.485 e. The van der Waals surface area contributed by atoms with Gasteiger partial charge in [-0.3, -0.25) is 9.67 Å². The highest BCUT2D eigenvalue weighted by Crippen LogP contribution is 2.45. The maximum Gasteiger partial charge on any atom is 0.420 e. The molecule has 0 spiro atoms. The first kappa shape index (κ1) is 29.3. The lowest BCUT2D eigenvalue weighted by molar-refractivity contribution is 0.0203. The van der Waals surface area contributed by atoms with Crippen molar-refractivity contribution < 1.29 is 23.8 Å². The van der Waals surface area contributed by atoms with Crippen LogP contribution in [0.1, 0.15) is 77.3 Å². The molecule has 0 saturated carbocycles. The molecule has 1 fully saturated rings. The van der Waals surface area contributed by atoms with Gasteiger partial charge in [-0.1, -0.05) is 0 Å². The van der Waals surface area contributed by atoms with Crippen LogP contribution >= 0.6 is 0 Å². The number of likely N-dealkylation sites (tertiary alicyclic amines) is 1. The Kier molecular flexibility index (Phi) is 7.63. The molecule has 11 heteroatoms. The van der Waals surface area contributed by atoms with Crippen molar-refractivity contribution in [2.75, 3.05) is 18.0 Å². The third-order valence-electron chi connectivity index (χ3n) is 7.15. The Balaban J connectivity index is 1.53. The van der Waals surface area contributed by atoms with Crippen molar-refractivity contribution >= 4 is 23.7 Å². The van der Waals surface area contributed by atoms with Gasteiger partial charge in [0.1, 0.15) is 23.6 Å². The van der Waals surface area contributed by atoms with Crippen LogP contribution in [0.15, 0.2) is 30.7 Å². The summed E-state index contributed by atoms with van der Waals surface area (Å²) in [5, 5.41) is 4.33. The second-order valence-electron chi connectivity index (χ2n) is 12.9. The zero-order valence-electron chi connectivity index (χ0n) is 25.7. The van der Waals surface area contributed by atoms with Crippen LogP contribution in [0.3, 0.4) is 0 Å². The minimum absolute atomic E-state index is 0.0885. The zero-order chi connectivity index (χ0) is 30.4. The lowest BCUT2D eigenvalue weighted by atomic mass is 9.92. The lowest BCUT2D eigenvalue weighted by Gasteiger charge is -2.34. The summed E-state index contributed by atoms with van der Waals surface area (Å²) in [5.41, 5.74) is 3.27. The quantitative estimate of drug-likeness (QED) is 0.351. The van der Waals surface area contributed by atoms with Crippen molar-refractivity contribution in [2.45, 2.75) is 85.0 Å². The van der Waals surface area contributed by atoms with Crippen molar-refractivity contribution in [3.63, 3.8) is 0 Å². The maximum atomic E-state index is 13.9. The summed E-state index contributed by atoms with van der Waals surface area (Å²) >= 11 is 0. The standard InChI is InChI=1S/C31H40N6O5/c1-19-26-25(15-24(34-19)20-10-13-36(14-11-20)28(38)41-30(2,3)4)37(29(39)42-31(5,6)7)27-23(18-40-26)22(9-12-32-27)21-16-33-35(8)17-21/h9,12,15-17,20H,10-11,13-14,18H2,1-8H3. The van der Waals surface area contributed by atoms with Crippen LogP contribution in [0, 0.1) is 6.92 Å². The number of ether oxygens (including phenoxy) is 3. The van der Waals surface area contributed by atoms with Gasteiger partial charge >= 0.3 is 12.2 Å². The first-order valence-corrected chi connectivity index (χ1v) is 14.3. The molecular weight excluding hydrogens is 536 g/mol. The molecule has 0 radical (unpaired) electrons. The van der Waals surface area contributed by atoms with E-state index in [0.717, 1.165) is 35.2 Å². The van der Waals surface area contributed by atoms with Crippen LogP contribution in [0.4, 0.5) is 21.1 Å². The van der Waals surface area contributed by atoms with Crippen LogP contribution < -0.4 is 9.64 Å². The molecule has 224 valence electrons. The highest BCUT2D eigenvalue weighted by atomic mass is 16.6. The fraction of sp³-hybridized carbons (Fsp3) is 0.516. The van der Waals surface area contributed by atoms with Crippen molar-refractivity contribution in [3.05, 3.63) is 47.7 Å². The Labute approximate surface area is 246 Å². The molecule has 1 saturated heterocycles. The summed E-state index contributed by atoms with van der Waals surface area (Å²) < 4.78 is 19.6. The number of fused-ring (bicyclic) bond motifs is 2. The fourth-order valence-corrected chi connectivity index (χ4v) is 5.30. The molecule has 0 unspecified atom stereocenters. The van der Waals surface area contributed by atoms with Crippen molar-refractivity contribution in [1.82, 2.24) is 24.6 Å². The number of aromatic nitrogens is 4. The molecule has 5 rings (SSSR count). The van der Waals surface area contributed by atoms with Gasteiger partial charge in [-0.2, -0.15) is 5.10 Å². The van der Waals surface area contributed by atoms with Gasteiger partial charge in [0.25, 0.3) is 0 Å². The molecule has 11 nitrogen and oxygen atoms in total. The Morgan fingerprint density at radius 1 is 1.02 bits per heavy atom. The van der Waals surface area contributed by atoms with E-state index < -0.39 is 17.3 Å². The molecule has 0 bridgehead atoms. The van der Waals surface area contributed by atoms with Crippen LogP contribution in [0.5, 0.6) is 5.75 Å². The minimum atomic E-state index is -0.731. The Morgan fingerprint density at radius 3 is 2.31 bits per heavy atom. The van der Waals surface area contributed by atoms with Crippen LogP contribution in [-0.4, -0.2) is 61.1 Å². The Morgan fingerprint density at radius 2 is 1.69 bits per heavy atom. The third-order valence-corrected chi connectivity index (χ3v) is 7.15. The SMILES string of the molecule is Cc1nc(C2CCN(C(=O)OC(C)(C)C)CC2)cc2c1OCc1c(-c3cnn(C)c3)ccnc1N2C(=O)OC(C)(C)C. The molecule has 2 amide bonds. The number of piperidine rings is 1. The van der Waals surface area contributed by atoms with Gasteiger partial charge < -0.3 is 19.1 Å². The number of aryl methyl sites for hydroxylation is 2. The first-order valence-electron chi connectivity index (χ1n) is 14.3. The highest BCUT2D eigenvalue weighted by Gasteiger charge is 2.36. The average molecular weight is 577 g/mol. The first-order chi connectivity index (χ1) is 19.7. The van der Waals surface area contributed by atoms with Crippen LogP contribution in [0.2, 0.25) is 0 Å². The van der Waals surface area contributed by atoms with E-state index in [-0.39, 0.29) is 18.6 Å². The van der Waals surface area contributed by atoms with E-state index in [0.29, 0.717) is 36.0 Å². The van der Waals surface area contributed by atoms with E-state index in [1.807, 2.05) is 73.8 Å². The molecule has 2 aliphatic rings. The number of nitrogens with zero attached hydrogens (tertiary/aromatic N) is 6. The molecule has 0 aromatic carbocycles. The van der Waals surface area contributed by atoms with Crippen molar-refractivity contribution in [3.8, 4) is 16.9 Å². The normalized spacial score (nSPS) is 15.8. The summed E-state index contributed by atoms with van der Waals surface area (Å²) in [6.07, 6.45) is 5.96. The molecule has 5 heterocycles. The number of anilines is 2. The third kappa shape index (κ3) is 6.19. The number of carbonyl (C=O) groups is 2. The number of pyridine rings is 2. The number of hydrogen-bond donors (Lipinski definition) is 0. The molecule has 0 aliphatic carbocycles. The van der Waals surface area contributed by atoms with Gasteiger partial charge in [-0.15, -0.1) is 0 Å². The number of amides is 2. The average Bonchev–Trinajstić information content (AvgIpc) is 3.24. The summed E-state index contributed by atoms with van der Waals surface area (Å²) in [4.78, 5) is 39.4. The van der Waals surface area contributed by atoms with E-state index in [9.17, 15) is 9.59 Å². The minimum Gasteiger partial charge on any atom is -0.485 e. The van der Waals surface area contributed by atoms with E-state index >= 15 is 0 Å². The number of hydrogen-bond acceptors (Lipinski definition) is 8. The molecule has 0 atom stereocenters. The topological polar surface area (TPSA) is 112 Å². The second kappa shape index (κ2) is 10.9. The van der Waals surface area contributed by atoms with Gasteiger partial charge in [-0.05, 0) is 79.0 Å². The lowest BCUT2D eigenvalue weighted by Crippen LogP contribution is -2.41. The Hall–Kier alpha value is -4.15. The van der Waals surface area contributed by atoms with E-state index in [1.165, 1.54) is 4.90 Å². The zero-order valence-corrected chi connectivity index (χ0v) is 25.7. The van der Waals surface area contributed by atoms with Gasteiger partial charge in [-0.25, -0.2) is 19.5 Å². The monoisotopic (exact) mass is 576 g/mol. The number of rotatable bonds is 2. The number of carbonyl (C=O) groups excluding carboxylic acids is 2. The van der Waals surface area contributed by atoms with Crippen molar-refractivity contribution in [1.29, 1.82) is 0 Å². The van der Waals surface area contributed by atoms with Crippen LogP contribution in [-0.2, 0) is 23.1 Å². The van der Waals surface area contributed by atoms with Gasteiger partial charge in [0, 0.05) is 55.3 Å².